The summed E-state index contributed by atoms with van der Waals surface area (Å²) in [7, 11) is -1.52. The molecule has 154 valence electrons. The number of hydrogen-bond donors (Lipinski definition) is 1. The fourth-order valence-corrected chi connectivity index (χ4v) is 5.27. The molecular weight excluding hydrogens is 424 g/mol. The Labute approximate surface area is 179 Å². The van der Waals surface area contributed by atoms with Gasteiger partial charge in [-0.05, 0) is 23.6 Å². The Bertz CT molecular complexity index is 1370. The molecule has 0 aliphatic carbocycles. The van der Waals surface area contributed by atoms with Crippen molar-refractivity contribution in [3.8, 4) is 11.5 Å². The molecule has 0 atom stereocenters. The maximum Gasteiger partial charge on any atom is 0.296 e. The summed E-state index contributed by atoms with van der Waals surface area (Å²) in [5.41, 5.74) is 1.22. The van der Waals surface area contributed by atoms with Gasteiger partial charge < -0.3 is 9.47 Å². The summed E-state index contributed by atoms with van der Waals surface area (Å²) in [6, 6.07) is 18.4. The minimum Gasteiger partial charge on any atom is -0.495 e. The topological polar surface area (TPSA) is 72.8 Å². The van der Waals surface area contributed by atoms with Crippen LogP contribution in [0.4, 0.5) is 0 Å². The monoisotopic (exact) mass is 442 g/mol. The molecule has 0 spiro atoms. The maximum atomic E-state index is 12.3. The van der Waals surface area contributed by atoms with Crippen LogP contribution in [0.2, 0.25) is 5.02 Å². The van der Waals surface area contributed by atoms with Crippen molar-refractivity contribution >= 4 is 43.3 Å². The van der Waals surface area contributed by atoms with Crippen molar-refractivity contribution in [2.45, 2.75) is 11.3 Å². The second-order valence-corrected chi connectivity index (χ2v) is 8.60. The number of hydrogen-bond acceptors (Lipinski definition) is 4. The Balaban J connectivity index is 2.26. The molecule has 0 aliphatic heterocycles. The van der Waals surface area contributed by atoms with Crippen molar-refractivity contribution in [2.75, 3.05) is 14.2 Å². The number of fused-ring (bicyclic) bond motifs is 2. The van der Waals surface area contributed by atoms with Gasteiger partial charge in [-0.25, -0.2) is 0 Å². The van der Waals surface area contributed by atoms with E-state index in [1.54, 1.807) is 7.11 Å². The minimum absolute atomic E-state index is 0.0773. The molecule has 7 heteroatoms. The Morgan fingerprint density at radius 3 is 2.00 bits per heavy atom. The van der Waals surface area contributed by atoms with E-state index in [2.05, 4.69) is 0 Å². The van der Waals surface area contributed by atoms with Crippen LogP contribution in [0.5, 0.6) is 11.5 Å². The molecular formula is C23H19ClO5S. The lowest BCUT2D eigenvalue weighted by atomic mass is 9.93. The highest BCUT2D eigenvalue weighted by atomic mass is 35.5. The third-order valence-electron chi connectivity index (χ3n) is 5.11. The van der Waals surface area contributed by atoms with Crippen molar-refractivity contribution in [1.82, 2.24) is 0 Å². The molecule has 0 radical (unpaired) electrons. The van der Waals surface area contributed by atoms with Crippen LogP contribution in [-0.2, 0) is 16.5 Å². The van der Waals surface area contributed by atoms with Crippen molar-refractivity contribution in [3.63, 3.8) is 0 Å². The van der Waals surface area contributed by atoms with Gasteiger partial charge in [0.2, 0.25) is 0 Å². The SMILES string of the molecule is COc1c2ccccc2c(OC)c2c(Cc3ccccc3)c(S(=O)(=O)O)c(Cl)cc12. The molecule has 0 aliphatic rings. The van der Waals surface area contributed by atoms with E-state index in [1.807, 2.05) is 54.6 Å². The summed E-state index contributed by atoms with van der Waals surface area (Å²) in [4.78, 5) is -0.323. The molecule has 30 heavy (non-hydrogen) atoms. The molecule has 0 bridgehead atoms. The molecule has 0 unspecified atom stereocenters. The quantitative estimate of drug-likeness (QED) is 0.326. The molecule has 0 saturated carbocycles. The summed E-state index contributed by atoms with van der Waals surface area (Å²) in [5, 5.41) is 2.64. The zero-order valence-corrected chi connectivity index (χ0v) is 17.9. The molecule has 0 amide bonds. The van der Waals surface area contributed by atoms with Gasteiger partial charge in [-0.15, -0.1) is 0 Å². The van der Waals surface area contributed by atoms with Crippen LogP contribution in [0, 0.1) is 0 Å². The van der Waals surface area contributed by atoms with E-state index < -0.39 is 10.1 Å². The van der Waals surface area contributed by atoms with Gasteiger partial charge in [0.15, 0.2) is 0 Å². The Morgan fingerprint density at radius 1 is 0.867 bits per heavy atom. The molecule has 4 rings (SSSR count). The van der Waals surface area contributed by atoms with Crippen LogP contribution >= 0.6 is 11.6 Å². The third-order valence-corrected chi connectivity index (χ3v) is 6.50. The summed E-state index contributed by atoms with van der Waals surface area (Å²) in [6.45, 7) is 0. The highest BCUT2D eigenvalue weighted by Gasteiger charge is 2.27. The van der Waals surface area contributed by atoms with Crippen molar-refractivity contribution in [2.24, 2.45) is 0 Å². The minimum atomic E-state index is -4.60. The highest BCUT2D eigenvalue weighted by molar-refractivity contribution is 7.86. The van der Waals surface area contributed by atoms with Gasteiger partial charge in [0, 0.05) is 21.5 Å². The number of methoxy groups -OCH3 is 2. The smallest absolute Gasteiger partial charge is 0.296 e. The number of rotatable bonds is 5. The van der Waals surface area contributed by atoms with Gasteiger partial charge in [-0.2, -0.15) is 8.42 Å². The Kier molecular flexibility index (Phi) is 5.32. The third kappa shape index (κ3) is 3.37. The molecule has 4 aromatic carbocycles. The van der Waals surface area contributed by atoms with Gasteiger partial charge in [-0.1, -0.05) is 66.2 Å². The molecule has 5 nitrogen and oxygen atoms in total. The average Bonchev–Trinajstić information content (AvgIpc) is 2.71. The molecule has 0 saturated heterocycles. The fraction of sp³-hybridized carbons (Fsp3) is 0.130. The molecule has 0 aromatic heterocycles. The van der Waals surface area contributed by atoms with E-state index >= 15 is 0 Å². The van der Waals surface area contributed by atoms with E-state index in [0.717, 1.165) is 16.3 Å². The first-order valence-electron chi connectivity index (χ1n) is 9.16. The number of benzene rings is 4. The zero-order chi connectivity index (χ0) is 21.5. The van der Waals surface area contributed by atoms with Crippen molar-refractivity contribution < 1.29 is 22.4 Å². The van der Waals surface area contributed by atoms with Crippen LogP contribution in [0.15, 0.2) is 65.6 Å². The zero-order valence-electron chi connectivity index (χ0n) is 16.3. The summed E-state index contributed by atoms with van der Waals surface area (Å²) in [6.07, 6.45) is 0.227. The summed E-state index contributed by atoms with van der Waals surface area (Å²) < 4.78 is 46.1. The number of halogens is 1. The van der Waals surface area contributed by atoms with E-state index in [4.69, 9.17) is 21.1 Å². The van der Waals surface area contributed by atoms with Gasteiger partial charge in [0.1, 0.15) is 16.4 Å². The summed E-state index contributed by atoms with van der Waals surface area (Å²) >= 11 is 6.40. The van der Waals surface area contributed by atoms with Crippen LogP contribution in [0.25, 0.3) is 21.5 Å². The predicted molar refractivity (Wildman–Crippen MR) is 119 cm³/mol. The normalized spacial score (nSPS) is 11.7. The first kappa shape index (κ1) is 20.5. The second-order valence-electron chi connectivity index (χ2n) is 6.84. The lowest BCUT2D eigenvalue weighted by molar-refractivity contribution is 0.417. The second kappa shape index (κ2) is 7.80. The maximum absolute atomic E-state index is 12.3. The van der Waals surface area contributed by atoms with E-state index in [1.165, 1.54) is 13.2 Å². The first-order chi connectivity index (χ1) is 14.4. The van der Waals surface area contributed by atoms with E-state index in [9.17, 15) is 13.0 Å². The lowest BCUT2D eigenvalue weighted by Gasteiger charge is -2.20. The van der Waals surface area contributed by atoms with Gasteiger partial charge in [0.25, 0.3) is 10.1 Å². The molecule has 4 aromatic rings. The number of ether oxygens (including phenoxy) is 2. The Hall–Kier alpha value is -2.80. The van der Waals surface area contributed by atoms with Gasteiger partial charge in [-0.3, -0.25) is 4.55 Å². The molecule has 1 N–H and O–H groups in total. The summed E-state index contributed by atoms with van der Waals surface area (Å²) in [5.74, 6) is 1.05. The largest absolute Gasteiger partial charge is 0.495 e. The fourth-order valence-electron chi connectivity index (χ4n) is 3.96. The first-order valence-corrected chi connectivity index (χ1v) is 11.0. The van der Waals surface area contributed by atoms with Crippen molar-refractivity contribution in [1.29, 1.82) is 0 Å². The van der Waals surface area contributed by atoms with Gasteiger partial charge in [0.05, 0.1) is 19.2 Å². The average molecular weight is 443 g/mol. The van der Waals surface area contributed by atoms with E-state index in [-0.39, 0.29) is 16.3 Å². The lowest BCUT2D eigenvalue weighted by Crippen LogP contribution is -2.07. The van der Waals surface area contributed by atoms with Crippen LogP contribution in [-0.4, -0.2) is 27.2 Å². The van der Waals surface area contributed by atoms with Crippen molar-refractivity contribution in [3.05, 3.63) is 76.8 Å². The van der Waals surface area contributed by atoms with Crippen LogP contribution < -0.4 is 9.47 Å². The van der Waals surface area contributed by atoms with Crippen LogP contribution in [0.1, 0.15) is 11.1 Å². The highest BCUT2D eigenvalue weighted by Crippen LogP contribution is 2.47. The van der Waals surface area contributed by atoms with Crippen LogP contribution in [0.3, 0.4) is 0 Å². The van der Waals surface area contributed by atoms with E-state index in [0.29, 0.717) is 27.8 Å². The molecule has 0 fully saturated rings. The van der Waals surface area contributed by atoms with Gasteiger partial charge >= 0.3 is 0 Å². The predicted octanol–water partition coefficient (Wildman–Crippen LogP) is 5.50. The standard InChI is InChI=1S/C23H19ClO5S/c1-28-21-15-10-6-7-11-16(15)22(29-2)20-17(21)13-19(24)23(30(25,26)27)18(20)12-14-8-4-3-5-9-14/h3-11,13H,12H2,1-2H3,(H,25,26,27). The molecule has 0 heterocycles. The Morgan fingerprint density at radius 2 is 1.43 bits per heavy atom.